The summed E-state index contributed by atoms with van der Waals surface area (Å²) in [5.74, 6) is 4.31. The molecule has 0 radical (unpaired) electrons. The lowest BCUT2D eigenvalue weighted by Gasteiger charge is -2.25. The Bertz CT molecular complexity index is 350. The van der Waals surface area contributed by atoms with Gasteiger partial charge in [-0.25, -0.2) is 0 Å². The quantitative estimate of drug-likeness (QED) is 0.869. The Morgan fingerprint density at radius 3 is 2.94 bits per heavy atom. The van der Waals surface area contributed by atoms with Crippen molar-refractivity contribution >= 4 is 11.8 Å². The van der Waals surface area contributed by atoms with E-state index in [9.17, 15) is 0 Å². The molecule has 94 valence electrons. The fraction of sp³-hybridized carbons (Fsp3) is 0.571. The second-order valence-corrected chi connectivity index (χ2v) is 5.51. The molecule has 1 heterocycles. The molecular formula is C14H21NOS. The van der Waals surface area contributed by atoms with Crippen molar-refractivity contribution in [1.29, 1.82) is 0 Å². The maximum Gasteiger partial charge on any atom is 0.124 e. The van der Waals surface area contributed by atoms with Gasteiger partial charge in [-0.15, -0.1) is 0 Å². The molecule has 1 aromatic carbocycles. The number of thioether (sulfide) groups is 1. The Morgan fingerprint density at radius 2 is 2.29 bits per heavy atom. The highest BCUT2D eigenvalue weighted by Crippen LogP contribution is 2.37. The van der Waals surface area contributed by atoms with Crippen molar-refractivity contribution in [2.75, 3.05) is 25.2 Å². The zero-order chi connectivity index (χ0) is 12.1. The second-order valence-electron chi connectivity index (χ2n) is 4.36. The molecule has 2 atom stereocenters. The predicted molar refractivity (Wildman–Crippen MR) is 74.8 cm³/mol. The maximum absolute atomic E-state index is 5.73. The van der Waals surface area contributed by atoms with Crippen molar-refractivity contribution in [1.82, 2.24) is 5.32 Å². The third kappa shape index (κ3) is 2.96. The van der Waals surface area contributed by atoms with Crippen molar-refractivity contribution in [2.45, 2.75) is 19.4 Å². The van der Waals surface area contributed by atoms with Crippen LogP contribution in [0.5, 0.6) is 5.75 Å². The van der Waals surface area contributed by atoms with Gasteiger partial charge in [0.2, 0.25) is 0 Å². The molecule has 17 heavy (non-hydrogen) atoms. The highest BCUT2D eigenvalue weighted by Gasteiger charge is 2.27. The first-order chi connectivity index (χ1) is 8.36. The summed E-state index contributed by atoms with van der Waals surface area (Å²) in [6.45, 7) is 2.77. The fourth-order valence-corrected chi connectivity index (χ4v) is 3.78. The van der Waals surface area contributed by atoms with Gasteiger partial charge in [-0.3, -0.25) is 0 Å². The van der Waals surface area contributed by atoms with Crippen LogP contribution >= 0.6 is 11.8 Å². The van der Waals surface area contributed by atoms with E-state index < -0.39 is 0 Å². The van der Waals surface area contributed by atoms with Crippen LogP contribution in [0.1, 0.15) is 24.9 Å². The molecule has 0 bridgehead atoms. The molecule has 1 N–H and O–H groups in total. The van der Waals surface area contributed by atoms with E-state index in [-0.39, 0.29) is 0 Å². The molecule has 3 heteroatoms. The molecule has 1 fully saturated rings. The van der Waals surface area contributed by atoms with Crippen LogP contribution in [0.4, 0.5) is 0 Å². The summed E-state index contributed by atoms with van der Waals surface area (Å²) in [5, 5.41) is 3.47. The molecule has 2 nitrogen and oxygen atoms in total. The topological polar surface area (TPSA) is 21.3 Å². The summed E-state index contributed by atoms with van der Waals surface area (Å²) >= 11 is 2.06. The standard InChI is InChI=1S/C14H21NOS/c1-3-16-13-7-5-4-6-12(13)14(15-2)11-8-9-17-10-11/h4-7,11,14-15H,3,8-10H2,1-2H3. The molecule has 0 saturated carbocycles. The van der Waals surface area contributed by atoms with Gasteiger partial charge in [0, 0.05) is 11.6 Å². The lowest BCUT2D eigenvalue weighted by molar-refractivity contribution is 0.323. The summed E-state index contributed by atoms with van der Waals surface area (Å²) in [6.07, 6.45) is 1.30. The molecule has 0 spiro atoms. The summed E-state index contributed by atoms with van der Waals surface area (Å²) in [5.41, 5.74) is 1.31. The first-order valence-corrected chi connectivity index (χ1v) is 7.49. The minimum absolute atomic E-state index is 0.424. The van der Waals surface area contributed by atoms with Crippen LogP contribution in [-0.2, 0) is 0 Å². The van der Waals surface area contributed by atoms with Crippen molar-refractivity contribution < 1.29 is 4.74 Å². The lowest BCUT2D eigenvalue weighted by Crippen LogP contribution is -2.25. The molecule has 1 aliphatic heterocycles. The molecule has 1 aromatic rings. The lowest BCUT2D eigenvalue weighted by atomic mass is 9.92. The van der Waals surface area contributed by atoms with Crippen LogP contribution in [0.3, 0.4) is 0 Å². The van der Waals surface area contributed by atoms with E-state index in [2.05, 4.69) is 42.3 Å². The smallest absolute Gasteiger partial charge is 0.124 e. The summed E-state index contributed by atoms with van der Waals surface area (Å²) < 4.78 is 5.73. The van der Waals surface area contributed by atoms with Crippen LogP contribution in [0.15, 0.2) is 24.3 Å². The SMILES string of the molecule is CCOc1ccccc1C(NC)C1CCSC1. The normalized spacial score (nSPS) is 21.4. The molecule has 0 aromatic heterocycles. The highest BCUT2D eigenvalue weighted by atomic mass is 32.2. The van der Waals surface area contributed by atoms with Gasteiger partial charge in [-0.1, -0.05) is 18.2 Å². The zero-order valence-electron chi connectivity index (χ0n) is 10.6. The fourth-order valence-electron chi connectivity index (χ4n) is 2.49. The van der Waals surface area contributed by atoms with Crippen LogP contribution < -0.4 is 10.1 Å². The third-order valence-corrected chi connectivity index (χ3v) is 4.49. The van der Waals surface area contributed by atoms with E-state index in [0.29, 0.717) is 6.04 Å². The van der Waals surface area contributed by atoms with Gasteiger partial charge < -0.3 is 10.1 Å². The summed E-state index contributed by atoms with van der Waals surface area (Å²) in [6, 6.07) is 8.84. The van der Waals surface area contributed by atoms with Gasteiger partial charge in [0.1, 0.15) is 5.75 Å². The van der Waals surface area contributed by atoms with E-state index in [4.69, 9.17) is 4.74 Å². The van der Waals surface area contributed by atoms with Crippen molar-refractivity contribution in [3.63, 3.8) is 0 Å². The largest absolute Gasteiger partial charge is 0.494 e. The van der Waals surface area contributed by atoms with E-state index in [1.807, 2.05) is 13.0 Å². The highest BCUT2D eigenvalue weighted by molar-refractivity contribution is 7.99. The predicted octanol–water partition coefficient (Wildman–Crippen LogP) is 3.10. The van der Waals surface area contributed by atoms with E-state index >= 15 is 0 Å². The minimum atomic E-state index is 0.424. The number of rotatable bonds is 5. The average Bonchev–Trinajstić information content (AvgIpc) is 2.86. The summed E-state index contributed by atoms with van der Waals surface area (Å²) in [4.78, 5) is 0. The molecule has 2 unspecified atom stereocenters. The Kier molecular flexibility index (Phi) is 4.75. The van der Waals surface area contributed by atoms with Crippen molar-refractivity contribution in [3.05, 3.63) is 29.8 Å². The van der Waals surface area contributed by atoms with Crippen molar-refractivity contribution in [2.24, 2.45) is 5.92 Å². The number of para-hydroxylation sites is 1. The Balaban J connectivity index is 2.22. The summed E-state index contributed by atoms with van der Waals surface area (Å²) in [7, 11) is 2.05. The van der Waals surface area contributed by atoms with Crippen LogP contribution in [0.2, 0.25) is 0 Å². The Labute approximate surface area is 108 Å². The van der Waals surface area contributed by atoms with E-state index in [1.165, 1.54) is 23.5 Å². The number of benzene rings is 1. The van der Waals surface area contributed by atoms with E-state index in [0.717, 1.165) is 18.3 Å². The van der Waals surface area contributed by atoms with Gasteiger partial charge in [-0.2, -0.15) is 11.8 Å². The monoisotopic (exact) mass is 251 g/mol. The van der Waals surface area contributed by atoms with Gasteiger partial charge in [0.05, 0.1) is 6.61 Å². The van der Waals surface area contributed by atoms with Gasteiger partial charge in [0.25, 0.3) is 0 Å². The average molecular weight is 251 g/mol. The maximum atomic E-state index is 5.73. The second kappa shape index (κ2) is 6.31. The van der Waals surface area contributed by atoms with Gasteiger partial charge in [0.15, 0.2) is 0 Å². The number of hydrogen-bond donors (Lipinski definition) is 1. The van der Waals surface area contributed by atoms with Crippen LogP contribution in [-0.4, -0.2) is 25.2 Å². The number of nitrogens with one attached hydrogen (secondary N) is 1. The van der Waals surface area contributed by atoms with Crippen molar-refractivity contribution in [3.8, 4) is 5.75 Å². The van der Waals surface area contributed by atoms with Crippen LogP contribution in [0.25, 0.3) is 0 Å². The Hall–Kier alpha value is -0.670. The first-order valence-electron chi connectivity index (χ1n) is 6.33. The first kappa shape index (κ1) is 12.8. The molecule has 0 aliphatic carbocycles. The number of ether oxygens (including phenoxy) is 1. The van der Waals surface area contributed by atoms with Gasteiger partial charge >= 0.3 is 0 Å². The molecule has 0 amide bonds. The zero-order valence-corrected chi connectivity index (χ0v) is 11.4. The van der Waals surface area contributed by atoms with E-state index in [1.54, 1.807) is 0 Å². The molecule has 1 saturated heterocycles. The third-order valence-electron chi connectivity index (χ3n) is 3.30. The Morgan fingerprint density at radius 1 is 1.47 bits per heavy atom. The van der Waals surface area contributed by atoms with Crippen LogP contribution in [0, 0.1) is 5.92 Å². The number of hydrogen-bond acceptors (Lipinski definition) is 3. The molecular weight excluding hydrogens is 230 g/mol. The van der Waals surface area contributed by atoms with Gasteiger partial charge in [-0.05, 0) is 43.9 Å². The minimum Gasteiger partial charge on any atom is -0.494 e. The molecule has 2 rings (SSSR count). The molecule has 1 aliphatic rings.